The number of nitrogens with zero attached hydrogens (tertiary/aromatic N) is 2. The van der Waals surface area contributed by atoms with E-state index in [1.807, 2.05) is 14.1 Å². The summed E-state index contributed by atoms with van der Waals surface area (Å²) in [5.41, 5.74) is 10.4. The fraction of sp³-hybridized carbons (Fsp3) is 0.818. The van der Waals surface area contributed by atoms with Gasteiger partial charge in [-0.05, 0) is 39.9 Å². The van der Waals surface area contributed by atoms with Crippen molar-refractivity contribution in [3.05, 3.63) is 0 Å². The lowest BCUT2D eigenvalue weighted by molar-refractivity contribution is -0.120. The highest BCUT2D eigenvalue weighted by Gasteiger charge is 2.13. The molecule has 0 spiro atoms. The first-order valence-corrected chi connectivity index (χ1v) is 7.30. The molecule has 0 bridgehead atoms. The Balaban J connectivity index is 3.60. The van der Waals surface area contributed by atoms with Gasteiger partial charge in [0.05, 0.1) is 3.92 Å². The van der Waals surface area contributed by atoms with Gasteiger partial charge in [-0.1, -0.05) is 22.6 Å². The highest BCUT2D eigenvalue weighted by molar-refractivity contribution is 14.1. The number of alkyl halides is 1. The van der Waals surface area contributed by atoms with Crippen LogP contribution in [-0.4, -0.2) is 54.4 Å². The van der Waals surface area contributed by atoms with Crippen LogP contribution < -0.4 is 16.8 Å². The minimum atomic E-state index is -0.0174. The van der Waals surface area contributed by atoms with E-state index in [1.165, 1.54) is 0 Å². The van der Waals surface area contributed by atoms with Gasteiger partial charge in [0.25, 0.3) is 0 Å². The number of amides is 1. The number of hydrogen-bond acceptors (Lipinski definition) is 3. The zero-order valence-electron chi connectivity index (χ0n) is 11.2. The normalized spacial score (nSPS) is 12.2. The second-order valence-electron chi connectivity index (χ2n) is 4.36. The number of aliphatic imine (C=N–C) groups is 1. The van der Waals surface area contributed by atoms with E-state index in [9.17, 15) is 4.79 Å². The summed E-state index contributed by atoms with van der Waals surface area (Å²) in [5.74, 6) is 0.201. The number of nitrogens with two attached hydrogens (primary N) is 2. The Morgan fingerprint density at radius 3 is 2.61 bits per heavy atom. The van der Waals surface area contributed by atoms with Gasteiger partial charge in [0, 0.05) is 13.1 Å². The maximum Gasteiger partial charge on any atom is 0.232 e. The van der Waals surface area contributed by atoms with Gasteiger partial charge in [0.15, 0.2) is 5.96 Å². The van der Waals surface area contributed by atoms with Gasteiger partial charge in [-0.25, -0.2) is 0 Å². The predicted octanol–water partition coefficient (Wildman–Crippen LogP) is -0.0885. The van der Waals surface area contributed by atoms with Crippen molar-refractivity contribution in [3.8, 4) is 0 Å². The van der Waals surface area contributed by atoms with Crippen molar-refractivity contribution in [1.82, 2.24) is 10.2 Å². The molecule has 0 aliphatic carbocycles. The summed E-state index contributed by atoms with van der Waals surface area (Å²) in [6.07, 6.45) is 2.57. The summed E-state index contributed by atoms with van der Waals surface area (Å²) in [7, 11) is 4.04. The molecule has 18 heavy (non-hydrogen) atoms. The molecule has 1 unspecified atom stereocenters. The van der Waals surface area contributed by atoms with Crippen LogP contribution in [0.1, 0.15) is 19.3 Å². The van der Waals surface area contributed by atoms with E-state index in [1.54, 1.807) is 0 Å². The van der Waals surface area contributed by atoms with Crippen LogP contribution in [0.25, 0.3) is 0 Å². The molecule has 0 radical (unpaired) electrons. The summed E-state index contributed by atoms with van der Waals surface area (Å²) >= 11 is 2.16. The number of nitrogens with one attached hydrogen (secondary N) is 1. The van der Waals surface area contributed by atoms with E-state index in [4.69, 9.17) is 11.5 Å². The second-order valence-corrected chi connectivity index (χ2v) is 5.87. The largest absolute Gasteiger partial charge is 0.370 e. The highest BCUT2D eigenvalue weighted by atomic mass is 127. The molecule has 0 rings (SSSR count). The van der Waals surface area contributed by atoms with E-state index >= 15 is 0 Å². The zero-order chi connectivity index (χ0) is 14.0. The average molecular weight is 369 g/mol. The lowest BCUT2D eigenvalue weighted by atomic mass is 10.2. The number of carbonyl (C=O) groups is 1. The van der Waals surface area contributed by atoms with Gasteiger partial charge in [-0.3, -0.25) is 9.79 Å². The molecule has 0 aliphatic heterocycles. The maximum absolute atomic E-state index is 11.7. The zero-order valence-corrected chi connectivity index (χ0v) is 13.3. The molecular weight excluding hydrogens is 345 g/mol. The van der Waals surface area contributed by atoms with Crippen LogP contribution in [-0.2, 0) is 4.79 Å². The first-order chi connectivity index (χ1) is 8.43. The molecule has 6 nitrogen and oxygen atoms in total. The maximum atomic E-state index is 11.7. The summed E-state index contributed by atoms with van der Waals surface area (Å²) in [6.45, 7) is 2.29. The van der Waals surface area contributed by atoms with Gasteiger partial charge in [0.2, 0.25) is 5.91 Å². The lowest BCUT2D eigenvalue weighted by Crippen LogP contribution is -2.33. The Hall–Kier alpha value is -0.570. The van der Waals surface area contributed by atoms with Crippen molar-refractivity contribution in [2.24, 2.45) is 16.5 Å². The third kappa shape index (κ3) is 10.6. The fourth-order valence-electron chi connectivity index (χ4n) is 1.33. The van der Waals surface area contributed by atoms with Crippen molar-refractivity contribution in [1.29, 1.82) is 0 Å². The molecule has 0 aromatic rings. The van der Waals surface area contributed by atoms with Gasteiger partial charge < -0.3 is 21.7 Å². The SMILES string of the molecule is CN(C)CCCNC(=O)C(I)CCCN=C(N)N. The Bertz CT molecular complexity index is 266. The molecule has 7 heteroatoms. The Morgan fingerprint density at radius 1 is 1.39 bits per heavy atom. The quantitative estimate of drug-likeness (QED) is 0.174. The van der Waals surface area contributed by atoms with Crippen LogP contribution in [0, 0.1) is 0 Å². The summed E-state index contributed by atoms with van der Waals surface area (Å²) in [4.78, 5) is 17.7. The Kier molecular flexibility index (Phi) is 10.0. The standard InChI is InChI=1S/C11H24IN5O/c1-17(2)8-4-7-15-10(18)9(12)5-3-6-16-11(13)14/h9H,3-8H2,1-2H3,(H,15,18)(H4,13,14,16). The summed E-state index contributed by atoms with van der Waals surface area (Å²) in [5, 5.41) is 2.93. The molecule has 0 fully saturated rings. The van der Waals surface area contributed by atoms with Crippen LogP contribution in [0.2, 0.25) is 0 Å². The number of rotatable bonds is 9. The molecule has 5 N–H and O–H groups in total. The average Bonchev–Trinajstić information content (AvgIpc) is 2.29. The second kappa shape index (κ2) is 10.4. The van der Waals surface area contributed by atoms with E-state index in [0.717, 1.165) is 32.4 Å². The predicted molar refractivity (Wildman–Crippen MR) is 83.9 cm³/mol. The summed E-state index contributed by atoms with van der Waals surface area (Å²) in [6, 6.07) is 0. The molecule has 106 valence electrons. The van der Waals surface area contributed by atoms with Crippen molar-refractivity contribution >= 4 is 34.5 Å². The third-order valence-corrected chi connectivity index (χ3v) is 3.46. The van der Waals surface area contributed by atoms with Crippen LogP contribution in [0.3, 0.4) is 0 Å². The number of hydrogen-bond donors (Lipinski definition) is 3. The van der Waals surface area contributed by atoms with Crippen LogP contribution in [0.5, 0.6) is 0 Å². The molecular formula is C11H24IN5O. The number of carbonyl (C=O) groups excluding carboxylic acids is 1. The molecule has 0 aliphatic rings. The van der Waals surface area contributed by atoms with Gasteiger partial charge in [-0.2, -0.15) is 0 Å². The van der Waals surface area contributed by atoms with Crippen molar-refractivity contribution < 1.29 is 4.79 Å². The van der Waals surface area contributed by atoms with E-state index in [0.29, 0.717) is 6.54 Å². The number of guanidine groups is 1. The first-order valence-electron chi connectivity index (χ1n) is 6.05. The van der Waals surface area contributed by atoms with Crippen molar-refractivity contribution in [3.63, 3.8) is 0 Å². The Labute approximate surface area is 123 Å². The first kappa shape index (κ1) is 17.4. The van der Waals surface area contributed by atoms with E-state index in [-0.39, 0.29) is 15.8 Å². The molecule has 1 amide bonds. The number of halogens is 1. The molecule has 0 heterocycles. The molecule has 0 aromatic carbocycles. The molecule has 1 atom stereocenters. The molecule has 0 saturated heterocycles. The Morgan fingerprint density at radius 2 is 2.06 bits per heavy atom. The minimum Gasteiger partial charge on any atom is -0.370 e. The smallest absolute Gasteiger partial charge is 0.232 e. The topological polar surface area (TPSA) is 96.7 Å². The highest BCUT2D eigenvalue weighted by Crippen LogP contribution is 2.09. The minimum absolute atomic E-state index is 0.0174. The van der Waals surface area contributed by atoms with E-state index in [2.05, 4.69) is 37.8 Å². The molecule has 0 saturated carbocycles. The van der Waals surface area contributed by atoms with Gasteiger partial charge >= 0.3 is 0 Å². The van der Waals surface area contributed by atoms with Crippen molar-refractivity contribution in [2.45, 2.75) is 23.2 Å². The van der Waals surface area contributed by atoms with Crippen LogP contribution in [0.4, 0.5) is 0 Å². The summed E-state index contributed by atoms with van der Waals surface area (Å²) < 4.78 is -0.0174. The lowest BCUT2D eigenvalue weighted by Gasteiger charge is -2.12. The van der Waals surface area contributed by atoms with Crippen LogP contribution >= 0.6 is 22.6 Å². The van der Waals surface area contributed by atoms with Gasteiger partial charge in [0.1, 0.15) is 0 Å². The molecule has 0 aromatic heterocycles. The monoisotopic (exact) mass is 369 g/mol. The van der Waals surface area contributed by atoms with E-state index < -0.39 is 0 Å². The fourth-order valence-corrected chi connectivity index (χ4v) is 1.99. The van der Waals surface area contributed by atoms with Gasteiger partial charge in [-0.15, -0.1) is 0 Å². The third-order valence-electron chi connectivity index (χ3n) is 2.28. The van der Waals surface area contributed by atoms with Crippen molar-refractivity contribution in [2.75, 3.05) is 33.7 Å². The van der Waals surface area contributed by atoms with Crippen LogP contribution in [0.15, 0.2) is 4.99 Å².